The molecule has 0 bridgehead atoms. The molecule has 0 amide bonds. The number of hydrogen-bond donors (Lipinski definition) is 3. The van der Waals surface area contributed by atoms with Crippen molar-refractivity contribution in [2.75, 3.05) is 39.3 Å². The minimum atomic E-state index is -0.607. The van der Waals surface area contributed by atoms with Crippen molar-refractivity contribution in [3.8, 4) is 23.0 Å². The van der Waals surface area contributed by atoms with Crippen molar-refractivity contribution < 1.29 is 42.4 Å². The molecule has 6 atom stereocenters. The Bertz CT molecular complexity index is 4780. The van der Waals surface area contributed by atoms with Gasteiger partial charge in [0.15, 0.2) is 52.0 Å². The van der Waals surface area contributed by atoms with Gasteiger partial charge in [0.05, 0.1) is 30.8 Å². The number of thioether (sulfide) groups is 3. The summed E-state index contributed by atoms with van der Waals surface area (Å²) >= 11 is 34.0. The number of benzene rings is 10. The van der Waals surface area contributed by atoms with Crippen LogP contribution in [0, 0.1) is 29.8 Å². The van der Waals surface area contributed by atoms with Crippen LogP contribution in [0.2, 0.25) is 15.1 Å². The average Bonchev–Trinajstić information content (AvgIpc) is 1.63. The van der Waals surface area contributed by atoms with E-state index in [2.05, 4.69) is 91.6 Å². The molecule has 9 nitrogen and oxygen atoms in total. The molecule has 10 aromatic rings. The molecule has 3 fully saturated rings. The van der Waals surface area contributed by atoms with Crippen LogP contribution in [0.15, 0.2) is 228 Å². The second-order valence-corrected chi connectivity index (χ2v) is 34.9. The molecule has 3 N–H and O–H groups in total. The van der Waals surface area contributed by atoms with Gasteiger partial charge in [0.2, 0.25) is 0 Å². The van der Waals surface area contributed by atoms with Gasteiger partial charge in [-0.05, 0) is 250 Å². The number of aliphatic hydroxyl groups excluding tert-OH is 1. The first-order valence-corrected chi connectivity index (χ1v) is 43.4. The van der Waals surface area contributed by atoms with E-state index in [0.29, 0.717) is 26.0 Å². The van der Waals surface area contributed by atoms with Gasteiger partial charge in [-0.3, -0.25) is 14.7 Å². The van der Waals surface area contributed by atoms with Crippen LogP contribution in [0.4, 0.5) is 23.2 Å². The number of ether oxygens (including phenoxy) is 2. The van der Waals surface area contributed by atoms with E-state index in [4.69, 9.17) is 61.1 Å². The van der Waals surface area contributed by atoms with Crippen molar-refractivity contribution in [1.29, 1.82) is 0 Å². The number of nitrogens with zero attached hydrogens (tertiary/aromatic N) is 4. The summed E-state index contributed by atoms with van der Waals surface area (Å²) in [6.07, 6.45) is 12.4. The SMILES string of the molecule is C.Fc1cc(SCc2ccccc2)ccc1O[C@H]1c2cc(Cl)cc(Br)c2C[C@@H]1N1CCCCC1.O[C@@H]1Cc2c(Br)cc(Cl)cc2[C@H]1N1CCCCC1.Oc1ccc(Br)cc1F.Oc1ccc(SCc2ccccc2)cc1F.[C-]#[N+]c1cc(Cl)cc2c1C[C@H](N1CCCCC1)[C@H]2Oc1ccc(SCc2ccccc2)cc1F. The lowest BCUT2D eigenvalue weighted by Crippen LogP contribution is -2.43. The molecule has 0 unspecified atom stereocenters. The third kappa shape index (κ3) is 23.3. The number of hydrogen-bond acceptors (Lipinski definition) is 11. The second kappa shape index (κ2) is 41.9. The lowest BCUT2D eigenvalue weighted by atomic mass is 10.0. The zero-order valence-electron chi connectivity index (χ0n) is 60.3. The van der Waals surface area contributed by atoms with Crippen LogP contribution < -0.4 is 9.47 Å². The van der Waals surface area contributed by atoms with Crippen molar-refractivity contribution >= 4 is 124 Å². The largest absolute Gasteiger partial charge is 0.505 e. The molecule has 22 heteroatoms. The monoisotopic (exact) mass is 1810 g/mol. The summed E-state index contributed by atoms with van der Waals surface area (Å²) in [6, 6.07) is 61.3. The van der Waals surface area contributed by atoms with E-state index >= 15 is 8.78 Å². The summed E-state index contributed by atoms with van der Waals surface area (Å²) in [5.74, 6) is 0.445. The molecular formula is C89H88Br3Cl3F4N4O5S3. The molecule has 111 heavy (non-hydrogen) atoms. The topological polar surface area (TPSA) is 93.2 Å². The number of fused-ring (bicyclic) bond motifs is 3. The highest BCUT2D eigenvalue weighted by Crippen LogP contribution is 2.48. The average molecular weight is 1810 g/mol. The van der Waals surface area contributed by atoms with Crippen molar-refractivity contribution in [3.05, 3.63) is 313 Å². The maximum absolute atomic E-state index is 15.2. The molecule has 16 rings (SSSR count). The Balaban J connectivity index is 0.000000146. The highest BCUT2D eigenvalue weighted by Gasteiger charge is 2.43. The fourth-order valence-electron chi connectivity index (χ4n) is 14.9. The van der Waals surface area contributed by atoms with Crippen molar-refractivity contribution in [3.63, 3.8) is 0 Å². The molecule has 3 aliphatic carbocycles. The zero-order valence-corrected chi connectivity index (χ0v) is 69.8. The van der Waals surface area contributed by atoms with Crippen molar-refractivity contribution in [2.45, 2.75) is 153 Å². The fourth-order valence-corrected chi connectivity index (χ4v) is 20.1. The molecular weight excluding hydrogens is 1720 g/mol. The number of piperidine rings is 3. The van der Waals surface area contributed by atoms with E-state index in [0.717, 1.165) is 134 Å². The van der Waals surface area contributed by atoms with Crippen LogP contribution >= 0.6 is 118 Å². The van der Waals surface area contributed by atoms with Crippen LogP contribution in [0.1, 0.15) is 134 Å². The lowest BCUT2D eigenvalue weighted by molar-refractivity contribution is 0.0496. The molecule has 0 spiro atoms. The standard InChI is InChI=1S/C28H26ClFN2OS.C27H26BrClFNOS.C14H17BrClNO.C13H11FOS.C6H4BrFO.CH4/c1-31-25-15-20(29)14-23-22(25)17-26(32-12-6-3-7-13-32)28(23)33-27-11-10-21(16-24(27)30)34-18-19-8-4-2-5-9-19;28-23-14-19(29)13-22-21(23)16-25(31-11-5-2-6-12-31)27(22)32-26-10-9-20(15-24(26)30)33-17-18-7-3-1-4-8-18;15-12-7-9(16)6-11-10(12)8-13(18)14(11)17-4-2-1-3-5-17;14-12-8-11(6-7-13(12)15)16-9-10-4-2-1-3-5-10;7-4-1-2-6(9)5(8)3-4;/h2,4-5,8-11,14-16,26,28H,3,6-7,12-13,17-18H2;1,3-4,7-10,13-15,25,27H,2,5-6,11-12,16-17H2;6-7,13-14,18H,1-5,8H2;1-8,15H,9H2;1-3,9H;1H4/t26-,28-;25-,27-;13-,14-;;;/m001.../s1. The van der Waals surface area contributed by atoms with Crippen LogP contribution in [0.25, 0.3) is 4.85 Å². The highest BCUT2D eigenvalue weighted by molar-refractivity contribution is 9.11. The van der Waals surface area contributed by atoms with E-state index < -0.39 is 11.6 Å². The Morgan fingerprint density at radius 1 is 0.423 bits per heavy atom. The number of aromatic hydroxyl groups is 2. The first-order valence-electron chi connectivity index (χ1n) is 36.9. The number of likely N-dealkylation sites (tertiary alicyclic amines) is 3. The molecule has 3 aliphatic heterocycles. The minimum absolute atomic E-state index is 0. The van der Waals surface area contributed by atoms with Gasteiger partial charge in [0.25, 0.3) is 0 Å². The number of rotatable bonds is 16. The van der Waals surface area contributed by atoms with E-state index in [9.17, 15) is 13.9 Å². The van der Waals surface area contributed by atoms with Crippen LogP contribution in [0.5, 0.6) is 23.0 Å². The van der Waals surface area contributed by atoms with Crippen molar-refractivity contribution in [1.82, 2.24) is 14.7 Å². The number of aliphatic hydroxyl groups is 1. The summed E-state index contributed by atoms with van der Waals surface area (Å²) in [7, 11) is 0. The van der Waals surface area contributed by atoms with Gasteiger partial charge in [-0.15, -0.1) is 35.3 Å². The second-order valence-electron chi connectivity index (χ2n) is 27.9. The fraction of sp³-hybridized carbons (Fsp3) is 0.315. The van der Waals surface area contributed by atoms with E-state index in [1.54, 1.807) is 77.8 Å². The Morgan fingerprint density at radius 2 is 0.793 bits per heavy atom. The van der Waals surface area contributed by atoms with Crippen LogP contribution in [0.3, 0.4) is 0 Å². The molecule has 10 aromatic carbocycles. The number of phenolic OH excluding ortho intramolecular Hbond substituents is 2. The predicted octanol–water partition coefficient (Wildman–Crippen LogP) is 26.2. The van der Waals surface area contributed by atoms with Crippen LogP contribution in [-0.4, -0.2) is 87.5 Å². The molecule has 6 aliphatic rings. The van der Waals surface area contributed by atoms with Gasteiger partial charge < -0.3 is 24.8 Å². The van der Waals surface area contributed by atoms with Gasteiger partial charge in [0.1, 0.15) is 12.2 Å². The quantitative estimate of drug-likeness (QED) is 0.0491. The third-order valence-corrected chi connectivity index (χ3v) is 26.1. The normalized spacial score (nSPS) is 19.1. The molecule has 582 valence electrons. The number of phenols is 2. The summed E-state index contributed by atoms with van der Waals surface area (Å²) in [6.45, 7) is 13.9. The van der Waals surface area contributed by atoms with Crippen LogP contribution in [-0.2, 0) is 36.5 Å². The van der Waals surface area contributed by atoms with Gasteiger partial charge in [-0.25, -0.2) is 22.4 Å². The maximum Gasteiger partial charge on any atom is 0.192 e. The first-order chi connectivity index (χ1) is 53.3. The summed E-state index contributed by atoms with van der Waals surface area (Å²) in [5.41, 5.74) is 10.8. The Morgan fingerprint density at radius 3 is 1.21 bits per heavy atom. The number of halogens is 10. The van der Waals surface area contributed by atoms with Crippen molar-refractivity contribution in [2.24, 2.45) is 0 Å². The smallest absolute Gasteiger partial charge is 0.192 e. The molecule has 0 aromatic heterocycles. The summed E-state index contributed by atoms with van der Waals surface area (Å²) in [4.78, 5) is 13.7. The Labute approximate surface area is 703 Å². The van der Waals surface area contributed by atoms with Gasteiger partial charge in [0, 0.05) is 66.9 Å². The maximum atomic E-state index is 15.2. The van der Waals surface area contributed by atoms with Gasteiger partial charge in [-0.2, -0.15) is 0 Å². The van der Waals surface area contributed by atoms with E-state index in [-0.39, 0.29) is 72.7 Å². The van der Waals surface area contributed by atoms with E-state index in [1.807, 2.05) is 109 Å². The lowest BCUT2D eigenvalue weighted by Gasteiger charge is -2.36. The molecule has 3 saturated heterocycles. The Hall–Kier alpha value is -6.19. The minimum Gasteiger partial charge on any atom is -0.505 e. The molecule has 0 saturated carbocycles. The summed E-state index contributed by atoms with van der Waals surface area (Å²) in [5, 5.41) is 30.0. The third-order valence-electron chi connectivity index (χ3n) is 20.4. The zero-order chi connectivity index (χ0) is 77.2. The van der Waals surface area contributed by atoms with Gasteiger partial charge >= 0.3 is 0 Å². The Kier molecular flexibility index (Phi) is 32.4. The first kappa shape index (κ1) is 85.7. The molecule has 3 heterocycles. The molecule has 0 radical (unpaired) electrons. The van der Waals surface area contributed by atoms with E-state index in [1.165, 1.54) is 103 Å². The summed E-state index contributed by atoms with van der Waals surface area (Å²) < 4.78 is 71.1. The highest BCUT2D eigenvalue weighted by atomic mass is 79.9. The predicted molar refractivity (Wildman–Crippen MR) is 458 cm³/mol. The van der Waals surface area contributed by atoms with Gasteiger partial charge in [-0.1, -0.05) is 200 Å².